The zero-order chi connectivity index (χ0) is 17.8. The summed E-state index contributed by atoms with van der Waals surface area (Å²) in [6, 6.07) is 32.7. The van der Waals surface area contributed by atoms with Gasteiger partial charge in [-0.3, -0.25) is 0 Å². The van der Waals surface area contributed by atoms with Crippen molar-refractivity contribution in [2.24, 2.45) is 0 Å². The first-order chi connectivity index (χ1) is 13.4. The molecule has 0 bridgehead atoms. The van der Waals surface area contributed by atoms with Gasteiger partial charge in [0.15, 0.2) is 0 Å². The molecule has 0 radical (unpaired) electrons. The molecule has 5 aromatic rings. The Bertz CT molecular complexity index is 1260. The lowest BCUT2D eigenvalue weighted by Crippen LogP contribution is -2.22. The van der Waals surface area contributed by atoms with Gasteiger partial charge in [-0.2, -0.15) is 0 Å². The molecule has 27 heavy (non-hydrogen) atoms. The van der Waals surface area contributed by atoms with Crippen LogP contribution in [0.4, 0.5) is 5.69 Å². The number of rotatable bonds is 1. The Labute approximate surface area is 157 Å². The molecule has 128 valence electrons. The Balaban J connectivity index is 1.71. The first-order valence-electron chi connectivity index (χ1n) is 9.34. The Morgan fingerprint density at radius 2 is 1.33 bits per heavy atom. The molecule has 0 saturated carbocycles. The molecule has 1 aliphatic heterocycles. The van der Waals surface area contributed by atoms with Crippen molar-refractivity contribution in [3.8, 4) is 5.69 Å². The lowest BCUT2D eigenvalue weighted by atomic mass is 9.90. The Hall–Kier alpha value is -3.52. The standard InChI is InChI=1S/C25H18N2/c1-3-10-19-17(8-1)16-18-9-2-4-11-20(18)24(19)25-23-14-7-15-27(23)22-13-6-5-12-21(22)26-25/h1-16,25-26H. The zero-order valence-corrected chi connectivity index (χ0v) is 14.8. The maximum absolute atomic E-state index is 3.82. The van der Waals surface area contributed by atoms with E-state index in [1.165, 1.54) is 44.2 Å². The first kappa shape index (κ1) is 14.6. The highest BCUT2D eigenvalue weighted by Gasteiger charge is 2.27. The summed E-state index contributed by atoms with van der Waals surface area (Å²) in [6.45, 7) is 0. The highest BCUT2D eigenvalue weighted by molar-refractivity contribution is 6.03. The van der Waals surface area contributed by atoms with Crippen LogP contribution < -0.4 is 5.32 Å². The van der Waals surface area contributed by atoms with Crippen LogP contribution in [0, 0.1) is 0 Å². The molecule has 0 aliphatic carbocycles. The van der Waals surface area contributed by atoms with E-state index in [0.29, 0.717) is 0 Å². The number of nitrogens with zero attached hydrogens (tertiary/aromatic N) is 1. The molecule has 0 spiro atoms. The number of hydrogen-bond acceptors (Lipinski definition) is 1. The van der Waals surface area contributed by atoms with Crippen LogP contribution in [0.15, 0.2) is 97.2 Å². The summed E-state index contributed by atoms with van der Waals surface area (Å²) in [5, 5.41) is 9.00. The number of anilines is 1. The van der Waals surface area contributed by atoms with Crippen molar-refractivity contribution >= 4 is 27.2 Å². The lowest BCUT2D eigenvalue weighted by molar-refractivity contribution is 0.820. The van der Waals surface area contributed by atoms with E-state index >= 15 is 0 Å². The summed E-state index contributed by atoms with van der Waals surface area (Å²) in [6.07, 6.45) is 2.16. The molecule has 0 amide bonds. The van der Waals surface area contributed by atoms with Crippen LogP contribution in [0.3, 0.4) is 0 Å². The van der Waals surface area contributed by atoms with Gasteiger partial charge in [0.1, 0.15) is 0 Å². The molecule has 1 N–H and O–H groups in total. The van der Waals surface area contributed by atoms with E-state index in [2.05, 4.69) is 107 Å². The van der Waals surface area contributed by atoms with Gasteiger partial charge in [0.25, 0.3) is 0 Å². The third kappa shape index (κ3) is 2.07. The van der Waals surface area contributed by atoms with Gasteiger partial charge in [0.2, 0.25) is 0 Å². The fourth-order valence-corrected chi connectivity index (χ4v) is 4.46. The van der Waals surface area contributed by atoms with Gasteiger partial charge in [-0.05, 0) is 57.4 Å². The molecule has 1 unspecified atom stereocenters. The van der Waals surface area contributed by atoms with E-state index in [9.17, 15) is 0 Å². The van der Waals surface area contributed by atoms with E-state index < -0.39 is 0 Å². The lowest BCUT2D eigenvalue weighted by Gasteiger charge is -2.31. The van der Waals surface area contributed by atoms with E-state index in [4.69, 9.17) is 0 Å². The third-order valence-corrected chi connectivity index (χ3v) is 5.64. The fraction of sp³-hybridized carbons (Fsp3) is 0.0400. The van der Waals surface area contributed by atoms with Gasteiger partial charge in [-0.25, -0.2) is 0 Å². The topological polar surface area (TPSA) is 17.0 Å². The van der Waals surface area contributed by atoms with Crippen LogP contribution in [0.1, 0.15) is 17.3 Å². The van der Waals surface area contributed by atoms with E-state index in [0.717, 1.165) is 0 Å². The second-order valence-corrected chi connectivity index (χ2v) is 7.13. The Morgan fingerprint density at radius 3 is 2.11 bits per heavy atom. The normalized spacial score (nSPS) is 15.3. The van der Waals surface area contributed by atoms with E-state index in [1.54, 1.807) is 0 Å². The maximum atomic E-state index is 3.82. The number of hydrogen-bond donors (Lipinski definition) is 1. The molecular formula is C25H18N2. The summed E-state index contributed by atoms with van der Waals surface area (Å²) in [4.78, 5) is 0. The summed E-state index contributed by atoms with van der Waals surface area (Å²) < 4.78 is 2.31. The average molecular weight is 346 g/mol. The SMILES string of the molecule is c1ccc2c(c1)NC(c1c3ccccc3cc3ccccc13)c1cccn1-2. The number of para-hydroxylation sites is 2. The quantitative estimate of drug-likeness (QED) is 0.353. The van der Waals surface area contributed by atoms with Crippen molar-refractivity contribution in [3.05, 3.63) is 108 Å². The van der Waals surface area contributed by atoms with Gasteiger partial charge in [0.05, 0.1) is 17.4 Å². The molecule has 2 heterocycles. The van der Waals surface area contributed by atoms with Crippen molar-refractivity contribution in [2.45, 2.75) is 6.04 Å². The Kier molecular flexibility index (Phi) is 2.97. The first-order valence-corrected chi connectivity index (χ1v) is 9.34. The van der Waals surface area contributed by atoms with Crippen LogP contribution in [0.2, 0.25) is 0 Å². The summed E-state index contributed by atoms with van der Waals surface area (Å²) in [5.74, 6) is 0. The molecule has 1 aromatic heterocycles. The second kappa shape index (κ2) is 5.49. The number of benzene rings is 4. The molecular weight excluding hydrogens is 328 g/mol. The summed E-state index contributed by atoms with van der Waals surface area (Å²) in [5.41, 5.74) is 5.00. The van der Waals surface area contributed by atoms with Gasteiger partial charge >= 0.3 is 0 Å². The third-order valence-electron chi connectivity index (χ3n) is 5.64. The van der Waals surface area contributed by atoms with Crippen molar-refractivity contribution in [1.29, 1.82) is 0 Å². The number of nitrogens with one attached hydrogen (secondary N) is 1. The van der Waals surface area contributed by atoms with Crippen LogP contribution in [-0.2, 0) is 0 Å². The maximum Gasteiger partial charge on any atom is 0.0936 e. The largest absolute Gasteiger partial charge is 0.371 e. The molecule has 4 aromatic carbocycles. The van der Waals surface area contributed by atoms with Gasteiger partial charge in [0, 0.05) is 11.9 Å². The smallest absolute Gasteiger partial charge is 0.0936 e. The van der Waals surface area contributed by atoms with Crippen molar-refractivity contribution in [2.75, 3.05) is 5.32 Å². The predicted octanol–water partition coefficient (Wildman–Crippen LogP) is 6.30. The zero-order valence-electron chi connectivity index (χ0n) is 14.8. The van der Waals surface area contributed by atoms with Crippen LogP contribution in [0.5, 0.6) is 0 Å². The van der Waals surface area contributed by atoms with Crippen LogP contribution in [-0.4, -0.2) is 4.57 Å². The monoisotopic (exact) mass is 346 g/mol. The summed E-state index contributed by atoms with van der Waals surface area (Å²) >= 11 is 0. The molecule has 1 aliphatic rings. The Morgan fingerprint density at radius 1 is 0.667 bits per heavy atom. The molecule has 2 heteroatoms. The second-order valence-electron chi connectivity index (χ2n) is 7.13. The molecule has 2 nitrogen and oxygen atoms in total. The number of aromatic nitrogens is 1. The average Bonchev–Trinajstić information content (AvgIpc) is 3.22. The summed E-state index contributed by atoms with van der Waals surface area (Å²) in [7, 11) is 0. The van der Waals surface area contributed by atoms with Crippen molar-refractivity contribution in [1.82, 2.24) is 4.57 Å². The highest BCUT2D eigenvalue weighted by Crippen LogP contribution is 2.42. The predicted molar refractivity (Wildman–Crippen MR) is 113 cm³/mol. The van der Waals surface area contributed by atoms with Gasteiger partial charge in [-0.1, -0.05) is 60.7 Å². The minimum atomic E-state index is 0.103. The van der Waals surface area contributed by atoms with Gasteiger partial charge in [-0.15, -0.1) is 0 Å². The van der Waals surface area contributed by atoms with Crippen molar-refractivity contribution < 1.29 is 0 Å². The minimum absolute atomic E-state index is 0.103. The molecule has 6 rings (SSSR count). The molecule has 0 fully saturated rings. The minimum Gasteiger partial charge on any atom is -0.371 e. The van der Waals surface area contributed by atoms with Crippen LogP contribution >= 0.6 is 0 Å². The molecule has 1 atom stereocenters. The fourth-order valence-electron chi connectivity index (χ4n) is 4.46. The van der Waals surface area contributed by atoms with E-state index in [1.807, 2.05) is 0 Å². The van der Waals surface area contributed by atoms with E-state index in [-0.39, 0.29) is 6.04 Å². The van der Waals surface area contributed by atoms with Crippen LogP contribution in [0.25, 0.3) is 27.2 Å². The van der Waals surface area contributed by atoms with Crippen molar-refractivity contribution in [3.63, 3.8) is 0 Å². The number of fused-ring (bicyclic) bond motifs is 5. The van der Waals surface area contributed by atoms with Gasteiger partial charge < -0.3 is 9.88 Å². The highest BCUT2D eigenvalue weighted by atomic mass is 15.1. The molecule has 0 saturated heterocycles.